The van der Waals surface area contributed by atoms with Gasteiger partial charge in [0.05, 0.1) is 0 Å². The third-order valence-electron chi connectivity index (χ3n) is 2.89. The lowest BCUT2D eigenvalue weighted by Crippen LogP contribution is -2.43. The molecule has 0 aromatic rings. The summed E-state index contributed by atoms with van der Waals surface area (Å²) in [5, 5.41) is 0. The molecule has 0 aromatic carbocycles. The lowest BCUT2D eigenvalue weighted by Gasteiger charge is -2.33. The van der Waals surface area contributed by atoms with Crippen molar-refractivity contribution in [1.82, 2.24) is 4.90 Å². The number of amides is 1. The van der Waals surface area contributed by atoms with Crippen LogP contribution in [0.2, 0.25) is 0 Å². The van der Waals surface area contributed by atoms with E-state index in [2.05, 4.69) is 13.8 Å². The van der Waals surface area contributed by atoms with Crippen LogP contribution in [-0.4, -0.2) is 22.9 Å². The van der Waals surface area contributed by atoms with Crippen LogP contribution in [0.15, 0.2) is 0 Å². The van der Waals surface area contributed by atoms with Crippen molar-refractivity contribution < 1.29 is 4.79 Å². The minimum absolute atomic E-state index is 0.159. The number of likely N-dealkylation sites (tertiary alicyclic amines) is 1. The largest absolute Gasteiger partial charge is 0.338 e. The van der Waals surface area contributed by atoms with Crippen LogP contribution in [0, 0.1) is 0 Å². The maximum atomic E-state index is 11.1. The predicted molar refractivity (Wildman–Crippen MR) is 45.3 cm³/mol. The van der Waals surface area contributed by atoms with Gasteiger partial charge in [-0.25, -0.2) is 0 Å². The van der Waals surface area contributed by atoms with Gasteiger partial charge in [-0.3, -0.25) is 4.79 Å². The molecule has 0 bridgehead atoms. The summed E-state index contributed by atoms with van der Waals surface area (Å²) >= 11 is 0. The van der Waals surface area contributed by atoms with E-state index in [4.69, 9.17) is 0 Å². The van der Waals surface area contributed by atoms with Crippen LogP contribution in [0.4, 0.5) is 0 Å². The third-order valence-corrected chi connectivity index (χ3v) is 2.89. The first-order chi connectivity index (χ1) is 5.10. The first-order valence-electron chi connectivity index (χ1n) is 4.38. The van der Waals surface area contributed by atoms with Crippen molar-refractivity contribution in [1.29, 1.82) is 0 Å². The van der Waals surface area contributed by atoms with Gasteiger partial charge in [-0.05, 0) is 26.2 Å². The molecule has 2 nitrogen and oxygen atoms in total. The molecule has 0 radical (unpaired) electrons. The molecule has 1 aliphatic rings. The molecule has 2 heteroatoms. The second-order valence-corrected chi connectivity index (χ2v) is 3.62. The molecule has 0 spiro atoms. The maximum Gasteiger partial charge on any atom is 0.219 e. The van der Waals surface area contributed by atoms with E-state index in [1.165, 1.54) is 12.8 Å². The Morgan fingerprint density at radius 2 is 2.27 bits per heavy atom. The van der Waals surface area contributed by atoms with Gasteiger partial charge >= 0.3 is 0 Å². The van der Waals surface area contributed by atoms with E-state index in [9.17, 15) is 4.79 Å². The summed E-state index contributed by atoms with van der Waals surface area (Å²) in [5.41, 5.74) is 0.159. The zero-order valence-electron chi connectivity index (χ0n) is 7.68. The molecule has 64 valence electrons. The second-order valence-electron chi connectivity index (χ2n) is 3.62. The normalized spacial score (nSPS) is 31.0. The Morgan fingerprint density at radius 3 is 2.64 bits per heavy atom. The molecule has 1 saturated heterocycles. The van der Waals surface area contributed by atoms with Crippen LogP contribution < -0.4 is 0 Å². The summed E-state index contributed by atoms with van der Waals surface area (Å²) in [4.78, 5) is 13.2. The number of hydrogen-bond acceptors (Lipinski definition) is 1. The Bertz CT molecular complexity index is 167. The summed E-state index contributed by atoms with van der Waals surface area (Å²) in [6, 6.07) is 0. The first-order valence-corrected chi connectivity index (χ1v) is 4.38. The third kappa shape index (κ3) is 1.39. The highest BCUT2D eigenvalue weighted by Crippen LogP contribution is 2.31. The molecule has 0 aromatic heterocycles. The zero-order chi connectivity index (χ0) is 8.48. The van der Waals surface area contributed by atoms with Crippen LogP contribution in [0.5, 0.6) is 0 Å². The van der Waals surface area contributed by atoms with Gasteiger partial charge in [0.25, 0.3) is 0 Å². The van der Waals surface area contributed by atoms with Crippen molar-refractivity contribution in [2.45, 2.75) is 45.6 Å². The van der Waals surface area contributed by atoms with Crippen LogP contribution >= 0.6 is 0 Å². The van der Waals surface area contributed by atoms with Crippen molar-refractivity contribution in [2.75, 3.05) is 6.54 Å². The lowest BCUT2D eigenvalue weighted by molar-refractivity contribution is -0.132. The van der Waals surface area contributed by atoms with Crippen molar-refractivity contribution in [3.05, 3.63) is 0 Å². The lowest BCUT2D eigenvalue weighted by atomic mass is 9.96. The average molecular weight is 155 g/mol. The number of nitrogens with zero attached hydrogens (tertiary/aromatic N) is 1. The molecule has 1 aliphatic heterocycles. The fourth-order valence-electron chi connectivity index (χ4n) is 1.93. The van der Waals surface area contributed by atoms with Gasteiger partial charge in [0, 0.05) is 19.0 Å². The SMILES string of the molecule is CCC1(C)CCCN1C(C)=O. The molecule has 1 fully saturated rings. The van der Waals surface area contributed by atoms with Crippen LogP contribution in [-0.2, 0) is 4.79 Å². The molecule has 1 heterocycles. The van der Waals surface area contributed by atoms with E-state index in [0.29, 0.717) is 0 Å². The molecule has 11 heavy (non-hydrogen) atoms. The molecule has 1 amide bonds. The highest BCUT2D eigenvalue weighted by molar-refractivity contribution is 5.74. The first kappa shape index (κ1) is 8.57. The minimum Gasteiger partial charge on any atom is -0.338 e. The van der Waals surface area contributed by atoms with E-state index >= 15 is 0 Å². The molecule has 0 saturated carbocycles. The smallest absolute Gasteiger partial charge is 0.219 e. The van der Waals surface area contributed by atoms with Crippen molar-refractivity contribution >= 4 is 5.91 Å². The van der Waals surface area contributed by atoms with Gasteiger partial charge in [-0.2, -0.15) is 0 Å². The molecule has 0 aliphatic carbocycles. The molecule has 1 rings (SSSR count). The maximum absolute atomic E-state index is 11.1. The van der Waals surface area contributed by atoms with Gasteiger partial charge < -0.3 is 4.90 Å². The Hall–Kier alpha value is -0.530. The summed E-state index contributed by atoms with van der Waals surface area (Å²) in [5.74, 6) is 0.229. The predicted octanol–water partition coefficient (Wildman–Crippen LogP) is 1.80. The number of carbonyl (C=O) groups excluding carboxylic acids is 1. The molecular formula is C9H17NO. The van der Waals surface area contributed by atoms with E-state index < -0.39 is 0 Å². The van der Waals surface area contributed by atoms with E-state index in [0.717, 1.165) is 13.0 Å². The average Bonchev–Trinajstić information content (AvgIpc) is 2.32. The summed E-state index contributed by atoms with van der Waals surface area (Å²) in [7, 11) is 0. The van der Waals surface area contributed by atoms with Gasteiger partial charge in [-0.1, -0.05) is 6.92 Å². The number of rotatable bonds is 1. The highest BCUT2D eigenvalue weighted by Gasteiger charge is 2.35. The van der Waals surface area contributed by atoms with Crippen molar-refractivity contribution in [3.63, 3.8) is 0 Å². The Labute approximate surface area is 68.6 Å². The van der Waals surface area contributed by atoms with Gasteiger partial charge in [-0.15, -0.1) is 0 Å². The quantitative estimate of drug-likeness (QED) is 0.565. The van der Waals surface area contributed by atoms with Crippen molar-refractivity contribution in [3.8, 4) is 0 Å². The topological polar surface area (TPSA) is 20.3 Å². The van der Waals surface area contributed by atoms with E-state index in [1.54, 1.807) is 6.92 Å². The second kappa shape index (κ2) is 2.84. The summed E-state index contributed by atoms with van der Waals surface area (Å²) in [6.45, 7) is 6.96. The minimum atomic E-state index is 0.159. The Morgan fingerprint density at radius 1 is 1.64 bits per heavy atom. The molecule has 1 unspecified atom stereocenters. The molecular weight excluding hydrogens is 138 g/mol. The summed E-state index contributed by atoms with van der Waals surface area (Å²) < 4.78 is 0. The van der Waals surface area contributed by atoms with Gasteiger partial charge in [0.15, 0.2) is 0 Å². The Kier molecular flexibility index (Phi) is 2.21. The number of carbonyl (C=O) groups is 1. The van der Waals surface area contributed by atoms with Gasteiger partial charge in [0.1, 0.15) is 0 Å². The molecule has 0 N–H and O–H groups in total. The zero-order valence-corrected chi connectivity index (χ0v) is 7.68. The monoisotopic (exact) mass is 155 g/mol. The Balaban J connectivity index is 2.72. The fraction of sp³-hybridized carbons (Fsp3) is 0.889. The van der Waals surface area contributed by atoms with Crippen LogP contribution in [0.3, 0.4) is 0 Å². The van der Waals surface area contributed by atoms with Gasteiger partial charge in [0.2, 0.25) is 5.91 Å². The fourth-order valence-corrected chi connectivity index (χ4v) is 1.93. The van der Waals surface area contributed by atoms with Crippen molar-refractivity contribution in [2.24, 2.45) is 0 Å². The number of hydrogen-bond donors (Lipinski definition) is 0. The van der Waals surface area contributed by atoms with Crippen LogP contribution in [0.25, 0.3) is 0 Å². The summed E-state index contributed by atoms with van der Waals surface area (Å²) in [6.07, 6.45) is 3.42. The van der Waals surface area contributed by atoms with E-state index in [1.807, 2.05) is 4.90 Å². The van der Waals surface area contributed by atoms with Crippen LogP contribution in [0.1, 0.15) is 40.0 Å². The highest BCUT2D eigenvalue weighted by atomic mass is 16.2. The van der Waals surface area contributed by atoms with E-state index in [-0.39, 0.29) is 11.4 Å². The standard InChI is InChI=1S/C9H17NO/c1-4-9(3)6-5-7-10(9)8(2)11/h4-7H2,1-3H3. The molecule has 1 atom stereocenters.